The number of hydrogen-bond donors (Lipinski definition) is 2. The molecule has 0 spiro atoms. The molecule has 0 radical (unpaired) electrons. The van der Waals surface area contributed by atoms with Gasteiger partial charge in [0.25, 0.3) is 0 Å². The minimum atomic E-state index is -0.108. The Kier molecular flexibility index (Phi) is 5.23. The molecular weight excluding hydrogens is 238 g/mol. The third-order valence-corrected chi connectivity index (χ3v) is 3.62. The normalized spacial score (nSPS) is 22.9. The maximum absolute atomic E-state index is 9.77. The van der Waals surface area contributed by atoms with E-state index in [0.29, 0.717) is 5.92 Å². The SMILES string of the molecule is CC(C)Oc1cccc(CNCC2CCCC2O)c1. The molecule has 3 nitrogen and oxygen atoms in total. The van der Waals surface area contributed by atoms with Crippen molar-refractivity contribution in [3.8, 4) is 5.75 Å². The average molecular weight is 263 g/mol. The summed E-state index contributed by atoms with van der Waals surface area (Å²) >= 11 is 0. The summed E-state index contributed by atoms with van der Waals surface area (Å²) in [5, 5.41) is 13.2. The zero-order chi connectivity index (χ0) is 13.7. The first-order chi connectivity index (χ1) is 9.15. The highest BCUT2D eigenvalue weighted by atomic mass is 16.5. The summed E-state index contributed by atoms with van der Waals surface area (Å²) in [5.41, 5.74) is 1.23. The van der Waals surface area contributed by atoms with E-state index < -0.39 is 0 Å². The number of hydrogen-bond acceptors (Lipinski definition) is 3. The van der Waals surface area contributed by atoms with Gasteiger partial charge in [0, 0.05) is 13.1 Å². The molecule has 0 aliphatic heterocycles. The summed E-state index contributed by atoms with van der Waals surface area (Å²) in [7, 11) is 0. The highest BCUT2D eigenvalue weighted by molar-refractivity contribution is 5.28. The van der Waals surface area contributed by atoms with Crippen LogP contribution < -0.4 is 10.1 Å². The number of aliphatic hydroxyl groups is 1. The Balaban J connectivity index is 1.79. The van der Waals surface area contributed by atoms with Crippen molar-refractivity contribution in [3.63, 3.8) is 0 Å². The van der Waals surface area contributed by atoms with Gasteiger partial charge in [-0.2, -0.15) is 0 Å². The Bertz CT molecular complexity index is 392. The quantitative estimate of drug-likeness (QED) is 0.829. The number of rotatable bonds is 6. The maximum Gasteiger partial charge on any atom is 0.120 e. The molecule has 2 unspecified atom stereocenters. The van der Waals surface area contributed by atoms with Crippen molar-refractivity contribution in [2.24, 2.45) is 5.92 Å². The summed E-state index contributed by atoms with van der Waals surface area (Å²) in [6.07, 6.45) is 3.36. The first-order valence-electron chi connectivity index (χ1n) is 7.29. The van der Waals surface area contributed by atoms with Gasteiger partial charge in [-0.25, -0.2) is 0 Å². The molecule has 2 rings (SSSR count). The smallest absolute Gasteiger partial charge is 0.120 e. The van der Waals surface area contributed by atoms with E-state index in [9.17, 15) is 5.11 Å². The lowest BCUT2D eigenvalue weighted by atomic mass is 10.1. The van der Waals surface area contributed by atoms with E-state index in [1.807, 2.05) is 26.0 Å². The summed E-state index contributed by atoms with van der Waals surface area (Å²) in [5.74, 6) is 1.35. The number of aliphatic hydroxyl groups excluding tert-OH is 1. The topological polar surface area (TPSA) is 41.5 Å². The first-order valence-corrected chi connectivity index (χ1v) is 7.29. The zero-order valence-electron chi connectivity index (χ0n) is 11.9. The van der Waals surface area contributed by atoms with E-state index >= 15 is 0 Å². The van der Waals surface area contributed by atoms with Crippen LogP contribution in [0.1, 0.15) is 38.7 Å². The van der Waals surface area contributed by atoms with E-state index in [2.05, 4.69) is 17.4 Å². The predicted octanol–water partition coefficient (Wildman–Crippen LogP) is 2.72. The van der Waals surface area contributed by atoms with Gasteiger partial charge < -0.3 is 15.2 Å². The van der Waals surface area contributed by atoms with Crippen LogP contribution in [0.4, 0.5) is 0 Å². The lowest BCUT2D eigenvalue weighted by Gasteiger charge is -2.15. The molecule has 2 atom stereocenters. The van der Waals surface area contributed by atoms with Crippen molar-refractivity contribution in [1.29, 1.82) is 0 Å². The van der Waals surface area contributed by atoms with Crippen LogP contribution in [-0.2, 0) is 6.54 Å². The molecular formula is C16H25NO2. The van der Waals surface area contributed by atoms with Crippen LogP contribution >= 0.6 is 0 Å². The Hall–Kier alpha value is -1.06. The van der Waals surface area contributed by atoms with Crippen LogP contribution in [0, 0.1) is 5.92 Å². The number of nitrogens with one attached hydrogen (secondary N) is 1. The lowest BCUT2D eigenvalue weighted by Crippen LogP contribution is -2.27. The van der Waals surface area contributed by atoms with Crippen LogP contribution in [0.15, 0.2) is 24.3 Å². The van der Waals surface area contributed by atoms with Crippen molar-refractivity contribution < 1.29 is 9.84 Å². The van der Waals surface area contributed by atoms with Crippen LogP contribution in [0.25, 0.3) is 0 Å². The second-order valence-corrected chi connectivity index (χ2v) is 5.70. The molecule has 106 valence electrons. The Morgan fingerprint density at radius 1 is 1.37 bits per heavy atom. The highest BCUT2D eigenvalue weighted by Gasteiger charge is 2.24. The predicted molar refractivity (Wildman–Crippen MR) is 77.3 cm³/mol. The molecule has 1 aliphatic rings. The summed E-state index contributed by atoms with van der Waals surface area (Å²) in [4.78, 5) is 0. The summed E-state index contributed by atoms with van der Waals surface area (Å²) in [6.45, 7) is 5.80. The Morgan fingerprint density at radius 2 is 2.21 bits per heavy atom. The minimum Gasteiger partial charge on any atom is -0.491 e. The van der Waals surface area contributed by atoms with Gasteiger partial charge in [-0.05, 0) is 50.3 Å². The van der Waals surface area contributed by atoms with Gasteiger partial charge in [0.05, 0.1) is 12.2 Å². The third-order valence-electron chi connectivity index (χ3n) is 3.62. The van der Waals surface area contributed by atoms with Crippen molar-refractivity contribution in [1.82, 2.24) is 5.32 Å². The second-order valence-electron chi connectivity index (χ2n) is 5.70. The molecule has 1 aromatic carbocycles. The summed E-state index contributed by atoms with van der Waals surface area (Å²) < 4.78 is 5.68. The van der Waals surface area contributed by atoms with Gasteiger partial charge in [0.2, 0.25) is 0 Å². The van der Waals surface area contributed by atoms with Crippen molar-refractivity contribution in [2.75, 3.05) is 6.54 Å². The Labute approximate surface area is 116 Å². The fourth-order valence-electron chi connectivity index (χ4n) is 2.66. The van der Waals surface area contributed by atoms with Gasteiger partial charge in [-0.1, -0.05) is 18.6 Å². The van der Waals surface area contributed by atoms with Crippen LogP contribution in [0.2, 0.25) is 0 Å². The molecule has 1 saturated carbocycles. The second kappa shape index (κ2) is 6.92. The molecule has 3 heteroatoms. The van der Waals surface area contributed by atoms with Crippen LogP contribution in [0.5, 0.6) is 5.75 Å². The standard InChI is InChI=1S/C16H25NO2/c1-12(2)19-15-7-3-5-13(9-15)10-17-11-14-6-4-8-16(14)18/h3,5,7,9,12,14,16-18H,4,6,8,10-11H2,1-2H3. The Morgan fingerprint density at radius 3 is 2.89 bits per heavy atom. The van der Waals surface area contributed by atoms with E-state index in [0.717, 1.165) is 38.1 Å². The first kappa shape index (κ1) is 14.4. The van der Waals surface area contributed by atoms with Crippen LogP contribution in [0.3, 0.4) is 0 Å². The largest absolute Gasteiger partial charge is 0.491 e. The van der Waals surface area contributed by atoms with Gasteiger partial charge in [-0.15, -0.1) is 0 Å². The van der Waals surface area contributed by atoms with Crippen molar-refractivity contribution in [2.45, 2.75) is 51.9 Å². The molecule has 1 aromatic rings. The van der Waals surface area contributed by atoms with Gasteiger partial charge in [-0.3, -0.25) is 0 Å². The van der Waals surface area contributed by atoms with Gasteiger partial charge in [0.1, 0.15) is 5.75 Å². The highest BCUT2D eigenvalue weighted by Crippen LogP contribution is 2.24. The molecule has 2 N–H and O–H groups in total. The van der Waals surface area contributed by atoms with E-state index in [1.165, 1.54) is 5.56 Å². The fourth-order valence-corrected chi connectivity index (χ4v) is 2.66. The third kappa shape index (κ3) is 4.51. The van der Waals surface area contributed by atoms with E-state index in [4.69, 9.17) is 4.74 Å². The summed E-state index contributed by atoms with van der Waals surface area (Å²) in [6, 6.07) is 8.20. The van der Waals surface area contributed by atoms with E-state index in [1.54, 1.807) is 0 Å². The average Bonchev–Trinajstić information content (AvgIpc) is 2.75. The van der Waals surface area contributed by atoms with E-state index in [-0.39, 0.29) is 12.2 Å². The zero-order valence-corrected chi connectivity index (χ0v) is 11.9. The van der Waals surface area contributed by atoms with Crippen molar-refractivity contribution in [3.05, 3.63) is 29.8 Å². The monoisotopic (exact) mass is 263 g/mol. The molecule has 0 aromatic heterocycles. The fraction of sp³-hybridized carbons (Fsp3) is 0.625. The molecule has 1 fully saturated rings. The number of benzene rings is 1. The minimum absolute atomic E-state index is 0.108. The van der Waals surface area contributed by atoms with Gasteiger partial charge >= 0.3 is 0 Å². The lowest BCUT2D eigenvalue weighted by molar-refractivity contribution is 0.131. The van der Waals surface area contributed by atoms with Gasteiger partial charge in [0.15, 0.2) is 0 Å². The number of ether oxygens (including phenoxy) is 1. The molecule has 19 heavy (non-hydrogen) atoms. The molecule has 0 bridgehead atoms. The molecule has 0 saturated heterocycles. The maximum atomic E-state index is 9.77. The molecule has 0 heterocycles. The molecule has 1 aliphatic carbocycles. The van der Waals surface area contributed by atoms with Crippen molar-refractivity contribution >= 4 is 0 Å². The molecule has 0 amide bonds. The van der Waals surface area contributed by atoms with Crippen LogP contribution in [-0.4, -0.2) is 23.9 Å².